The molecule has 1 N–H and O–H groups in total. The third-order valence-corrected chi connectivity index (χ3v) is 5.66. The second-order valence-electron chi connectivity index (χ2n) is 7.83. The van der Waals surface area contributed by atoms with Crippen molar-refractivity contribution < 1.29 is 9.84 Å². The topological polar surface area (TPSA) is 67.6 Å². The molecule has 0 aromatic carbocycles. The Morgan fingerprint density at radius 1 is 1.29 bits per heavy atom. The van der Waals surface area contributed by atoms with Gasteiger partial charge in [0.05, 0.1) is 18.6 Å². The number of ether oxygens (including phenoxy) is 1. The first-order valence-corrected chi connectivity index (χ1v) is 9.20. The van der Waals surface area contributed by atoms with Crippen LogP contribution in [0, 0.1) is 5.92 Å². The molecule has 3 aliphatic rings. The Labute approximate surface area is 142 Å². The van der Waals surface area contributed by atoms with Crippen LogP contribution in [0.1, 0.15) is 43.7 Å². The minimum atomic E-state index is -0.660. The molecule has 6 heteroatoms. The minimum Gasteiger partial charge on any atom is -0.386 e. The van der Waals surface area contributed by atoms with Gasteiger partial charge in [-0.25, -0.2) is 4.98 Å². The molecule has 2 aliphatic heterocycles. The van der Waals surface area contributed by atoms with E-state index in [0.717, 1.165) is 44.6 Å². The van der Waals surface area contributed by atoms with Crippen molar-refractivity contribution in [3.63, 3.8) is 0 Å². The molecule has 0 bridgehead atoms. The normalized spacial score (nSPS) is 29.2. The molecule has 3 fully saturated rings. The van der Waals surface area contributed by atoms with Crippen molar-refractivity contribution in [3.05, 3.63) is 28.4 Å². The number of nitrogens with zero attached hydrogens (tertiary/aromatic N) is 3. The third-order valence-electron chi connectivity index (χ3n) is 5.66. The van der Waals surface area contributed by atoms with Crippen LogP contribution in [0.15, 0.2) is 17.2 Å². The molecule has 1 unspecified atom stereocenters. The molecule has 0 spiro atoms. The van der Waals surface area contributed by atoms with Gasteiger partial charge >= 0.3 is 0 Å². The van der Waals surface area contributed by atoms with Gasteiger partial charge < -0.3 is 14.7 Å². The molecule has 1 saturated carbocycles. The summed E-state index contributed by atoms with van der Waals surface area (Å²) in [7, 11) is 0. The number of likely N-dealkylation sites (tertiary alicyclic amines) is 1. The first-order valence-electron chi connectivity index (χ1n) is 9.20. The lowest BCUT2D eigenvalue weighted by atomic mass is 9.94. The van der Waals surface area contributed by atoms with Gasteiger partial charge in [-0.3, -0.25) is 9.36 Å². The van der Waals surface area contributed by atoms with Crippen molar-refractivity contribution in [2.45, 2.75) is 50.2 Å². The van der Waals surface area contributed by atoms with E-state index in [4.69, 9.17) is 4.74 Å². The second kappa shape index (κ2) is 6.58. The zero-order chi connectivity index (χ0) is 16.6. The Kier molecular flexibility index (Phi) is 4.45. The molecule has 1 atom stereocenters. The van der Waals surface area contributed by atoms with Gasteiger partial charge in [0.2, 0.25) is 0 Å². The summed E-state index contributed by atoms with van der Waals surface area (Å²) in [4.78, 5) is 19.0. The second-order valence-corrected chi connectivity index (χ2v) is 7.83. The highest BCUT2D eigenvalue weighted by molar-refractivity contribution is 5.12. The van der Waals surface area contributed by atoms with Crippen molar-refractivity contribution in [1.82, 2.24) is 14.5 Å². The standard InChI is InChI=1S/C18H27N3O3/c22-17-9-16(15-1-2-15)19-13-21(17)10-14-3-6-20(7-4-14)11-18(23)5-8-24-12-18/h9,13-15,23H,1-8,10-12H2. The molecule has 0 radical (unpaired) electrons. The van der Waals surface area contributed by atoms with Crippen LogP contribution in [0.5, 0.6) is 0 Å². The van der Waals surface area contributed by atoms with E-state index < -0.39 is 5.60 Å². The van der Waals surface area contributed by atoms with Crippen LogP contribution in [0.4, 0.5) is 0 Å². The fraction of sp³-hybridized carbons (Fsp3) is 0.778. The van der Waals surface area contributed by atoms with Crippen LogP contribution in [-0.2, 0) is 11.3 Å². The summed E-state index contributed by atoms with van der Waals surface area (Å²) in [5.74, 6) is 1.04. The molecular weight excluding hydrogens is 306 g/mol. The van der Waals surface area contributed by atoms with Gasteiger partial charge in [0.25, 0.3) is 5.56 Å². The number of aromatic nitrogens is 2. The van der Waals surface area contributed by atoms with Crippen LogP contribution in [0.2, 0.25) is 0 Å². The van der Waals surface area contributed by atoms with E-state index in [1.807, 2.05) is 0 Å². The lowest BCUT2D eigenvalue weighted by Gasteiger charge is -2.36. The van der Waals surface area contributed by atoms with E-state index in [2.05, 4.69) is 9.88 Å². The van der Waals surface area contributed by atoms with Crippen molar-refractivity contribution in [2.75, 3.05) is 32.8 Å². The molecule has 1 aliphatic carbocycles. The summed E-state index contributed by atoms with van der Waals surface area (Å²) in [6.45, 7) is 4.56. The highest BCUT2D eigenvalue weighted by Crippen LogP contribution is 2.38. The van der Waals surface area contributed by atoms with Gasteiger partial charge in [-0.15, -0.1) is 0 Å². The molecule has 0 amide bonds. The van der Waals surface area contributed by atoms with Gasteiger partial charge in [0, 0.05) is 38.1 Å². The van der Waals surface area contributed by atoms with Crippen LogP contribution in [0.25, 0.3) is 0 Å². The lowest BCUT2D eigenvalue weighted by molar-refractivity contribution is -0.0125. The Bertz CT molecular complexity index is 627. The summed E-state index contributed by atoms with van der Waals surface area (Å²) in [6, 6.07) is 1.72. The number of hydrogen-bond acceptors (Lipinski definition) is 5. The average Bonchev–Trinajstić information content (AvgIpc) is 3.33. The molecule has 3 heterocycles. The SMILES string of the molecule is O=c1cc(C2CC2)ncn1CC1CCN(CC2(O)CCOC2)CC1. The van der Waals surface area contributed by atoms with Gasteiger partial charge in [-0.05, 0) is 44.7 Å². The third kappa shape index (κ3) is 3.71. The fourth-order valence-corrected chi connectivity index (χ4v) is 3.92. The Morgan fingerprint density at radius 3 is 2.71 bits per heavy atom. The van der Waals surface area contributed by atoms with Crippen molar-refractivity contribution >= 4 is 0 Å². The highest BCUT2D eigenvalue weighted by Gasteiger charge is 2.35. The van der Waals surface area contributed by atoms with Crippen molar-refractivity contribution in [2.24, 2.45) is 5.92 Å². The Hall–Kier alpha value is -1.24. The van der Waals surface area contributed by atoms with Crippen molar-refractivity contribution in [1.29, 1.82) is 0 Å². The maximum atomic E-state index is 12.2. The maximum absolute atomic E-state index is 12.2. The lowest BCUT2D eigenvalue weighted by Crippen LogP contribution is -2.47. The molecule has 6 nitrogen and oxygen atoms in total. The predicted molar refractivity (Wildman–Crippen MR) is 90.0 cm³/mol. The predicted octanol–water partition coefficient (Wildman–Crippen LogP) is 0.984. The van der Waals surface area contributed by atoms with Gasteiger partial charge in [0.1, 0.15) is 5.60 Å². The quantitative estimate of drug-likeness (QED) is 0.870. The van der Waals surface area contributed by atoms with E-state index >= 15 is 0 Å². The van der Waals surface area contributed by atoms with E-state index in [1.165, 1.54) is 12.8 Å². The largest absolute Gasteiger partial charge is 0.386 e. The summed E-state index contributed by atoms with van der Waals surface area (Å²) in [5, 5.41) is 10.4. The van der Waals surface area contributed by atoms with Crippen LogP contribution >= 0.6 is 0 Å². The van der Waals surface area contributed by atoms with Gasteiger partial charge in [-0.1, -0.05) is 0 Å². The minimum absolute atomic E-state index is 0.0896. The van der Waals surface area contributed by atoms with Crippen LogP contribution in [0.3, 0.4) is 0 Å². The number of β-amino-alcohol motifs (C(OH)–C–C–N with tert-alkyl or cyclic N) is 1. The highest BCUT2D eigenvalue weighted by atomic mass is 16.5. The zero-order valence-corrected chi connectivity index (χ0v) is 14.2. The molecule has 132 valence electrons. The molecule has 1 aromatic rings. The molecular formula is C18H27N3O3. The zero-order valence-electron chi connectivity index (χ0n) is 14.2. The van der Waals surface area contributed by atoms with Gasteiger partial charge in [0.15, 0.2) is 0 Å². The summed E-state index contributed by atoms with van der Waals surface area (Å²) >= 11 is 0. The first-order chi connectivity index (χ1) is 11.6. The molecule has 24 heavy (non-hydrogen) atoms. The summed E-state index contributed by atoms with van der Waals surface area (Å²) in [6.07, 6.45) is 6.95. The number of rotatable bonds is 5. The van der Waals surface area contributed by atoms with Crippen LogP contribution in [-0.4, -0.2) is 58.0 Å². The monoisotopic (exact) mass is 333 g/mol. The van der Waals surface area contributed by atoms with E-state index in [1.54, 1.807) is 17.0 Å². The van der Waals surface area contributed by atoms with E-state index in [-0.39, 0.29) is 5.56 Å². The van der Waals surface area contributed by atoms with E-state index in [9.17, 15) is 9.90 Å². The van der Waals surface area contributed by atoms with Gasteiger partial charge in [-0.2, -0.15) is 0 Å². The summed E-state index contributed by atoms with van der Waals surface area (Å²) < 4.78 is 7.09. The van der Waals surface area contributed by atoms with E-state index in [0.29, 0.717) is 31.6 Å². The summed E-state index contributed by atoms with van der Waals surface area (Å²) in [5.41, 5.74) is 0.400. The molecule has 2 saturated heterocycles. The smallest absolute Gasteiger partial charge is 0.253 e. The number of aliphatic hydroxyl groups is 1. The average molecular weight is 333 g/mol. The first kappa shape index (κ1) is 16.2. The molecule has 4 rings (SSSR count). The number of piperidine rings is 1. The fourth-order valence-electron chi connectivity index (χ4n) is 3.92. The van der Waals surface area contributed by atoms with Crippen molar-refractivity contribution in [3.8, 4) is 0 Å². The number of hydrogen-bond donors (Lipinski definition) is 1. The Morgan fingerprint density at radius 2 is 2.08 bits per heavy atom. The Balaban J connectivity index is 1.29. The van der Waals surface area contributed by atoms with Crippen LogP contribution < -0.4 is 5.56 Å². The maximum Gasteiger partial charge on any atom is 0.253 e. The molecule has 1 aromatic heterocycles.